The van der Waals surface area contributed by atoms with Crippen LogP contribution in [0, 0.1) is 0 Å². The summed E-state index contributed by atoms with van der Waals surface area (Å²) in [5.74, 6) is 0. The third-order valence-corrected chi connectivity index (χ3v) is 4.99. The van der Waals surface area contributed by atoms with Crippen molar-refractivity contribution in [1.29, 1.82) is 0 Å². The molecule has 1 aromatic carbocycles. The van der Waals surface area contributed by atoms with Gasteiger partial charge in [-0.3, -0.25) is 0 Å². The fourth-order valence-corrected chi connectivity index (χ4v) is 3.65. The molecular weight excluding hydrogens is 288 g/mol. The largest absolute Gasteiger partial charge is 0.383 e. The van der Waals surface area contributed by atoms with Crippen LogP contribution in [0.4, 0.5) is 5.69 Å². The van der Waals surface area contributed by atoms with E-state index < -0.39 is 0 Å². The summed E-state index contributed by atoms with van der Waals surface area (Å²) in [6.45, 7) is 3.03. The molecule has 0 fully saturated rings. The molecule has 3 rings (SSSR count). The number of benzene rings is 1. The molecule has 0 saturated heterocycles. The number of fused-ring (bicyclic) bond motifs is 1. The molecule has 0 amide bonds. The van der Waals surface area contributed by atoms with Crippen molar-refractivity contribution < 1.29 is 0 Å². The number of thiophene rings is 1. The average molecular weight is 307 g/mol. The van der Waals surface area contributed by atoms with Crippen LogP contribution in [0.3, 0.4) is 0 Å². The van der Waals surface area contributed by atoms with Crippen molar-refractivity contribution in [2.45, 2.75) is 19.3 Å². The fourth-order valence-electron chi connectivity index (χ4n) is 2.70. The van der Waals surface area contributed by atoms with Crippen LogP contribution in [-0.2, 0) is 19.3 Å². The summed E-state index contributed by atoms with van der Waals surface area (Å²) in [7, 11) is 0. The first-order valence-corrected chi connectivity index (χ1v) is 8.37. The van der Waals surface area contributed by atoms with E-state index in [-0.39, 0.29) is 0 Å². The lowest BCUT2D eigenvalue weighted by molar-refractivity contribution is 0.711. The number of nitrogens with one attached hydrogen (secondary N) is 2. The van der Waals surface area contributed by atoms with Crippen LogP contribution in [0.2, 0.25) is 5.02 Å². The van der Waals surface area contributed by atoms with E-state index in [2.05, 4.69) is 34.2 Å². The predicted octanol–water partition coefficient (Wildman–Crippen LogP) is 3.74. The molecule has 2 nitrogen and oxygen atoms in total. The summed E-state index contributed by atoms with van der Waals surface area (Å²) < 4.78 is 0. The number of halogens is 1. The van der Waals surface area contributed by atoms with Crippen molar-refractivity contribution in [3.63, 3.8) is 0 Å². The van der Waals surface area contributed by atoms with E-state index in [9.17, 15) is 0 Å². The third-order valence-electron chi connectivity index (χ3n) is 3.74. The van der Waals surface area contributed by atoms with E-state index in [1.54, 1.807) is 0 Å². The molecule has 20 heavy (non-hydrogen) atoms. The fraction of sp³-hybridized carbons (Fsp3) is 0.375. The van der Waals surface area contributed by atoms with Gasteiger partial charge in [-0.25, -0.2) is 0 Å². The first kappa shape index (κ1) is 13.9. The second-order valence-corrected chi connectivity index (χ2v) is 6.51. The lowest BCUT2D eigenvalue weighted by Crippen LogP contribution is -2.16. The molecule has 1 aliphatic rings. The van der Waals surface area contributed by atoms with Crippen LogP contribution in [0.1, 0.15) is 16.0 Å². The molecule has 2 aromatic rings. The summed E-state index contributed by atoms with van der Waals surface area (Å²) in [5.41, 5.74) is 3.97. The van der Waals surface area contributed by atoms with Gasteiger partial charge in [0.25, 0.3) is 0 Å². The van der Waals surface area contributed by atoms with E-state index in [4.69, 9.17) is 11.6 Å². The Morgan fingerprint density at radius 1 is 1.20 bits per heavy atom. The van der Waals surface area contributed by atoms with Crippen LogP contribution in [0.5, 0.6) is 0 Å². The molecule has 1 aromatic heterocycles. The van der Waals surface area contributed by atoms with Crippen molar-refractivity contribution >= 4 is 28.6 Å². The molecule has 0 radical (unpaired) electrons. The second kappa shape index (κ2) is 6.61. The summed E-state index contributed by atoms with van der Waals surface area (Å²) in [4.78, 5) is 1.41. The minimum Gasteiger partial charge on any atom is -0.383 e. The van der Waals surface area contributed by atoms with Crippen molar-refractivity contribution in [2.24, 2.45) is 0 Å². The van der Waals surface area contributed by atoms with Crippen LogP contribution in [0.15, 0.2) is 29.6 Å². The Bertz CT molecular complexity index is 566. The molecule has 2 N–H and O–H groups in total. The molecule has 4 heteroatoms. The Morgan fingerprint density at radius 3 is 2.95 bits per heavy atom. The second-order valence-electron chi connectivity index (χ2n) is 5.07. The maximum atomic E-state index is 6.39. The Morgan fingerprint density at radius 2 is 2.10 bits per heavy atom. The molecule has 0 saturated carbocycles. The summed E-state index contributed by atoms with van der Waals surface area (Å²) in [6.07, 6.45) is 3.19. The number of anilines is 1. The van der Waals surface area contributed by atoms with Gasteiger partial charge in [0.1, 0.15) is 0 Å². The van der Waals surface area contributed by atoms with E-state index in [1.807, 2.05) is 17.4 Å². The molecule has 0 bridgehead atoms. The lowest BCUT2D eigenvalue weighted by Gasteiger charge is -2.16. The minimum absolute atomic E-state index is 0.844. The van der Waals surface area contributed by atoms with Gasteiger partial charge in [-0.15, -0.1) is 11.3 Å². The maximum Gasteiger partial charge on any atom is 0.0640 e. The topological polar surface area (TPSA) is 24.1 Å². The molecular formula is C16H19ClN2S. The molecule has 0 unspecified atom stereocenters. The van der Waals surface area contributed by atoms with Gasteiger partial charge in [0.05, 0.1) is 10.7 Å². The Balaban J connectivity index is 1.74. The van der Waals surface area contributed by atoms with E-state index in [0.29, 0.717) is 0 Å². The highest BCUT2D eigenvalue weighted by Crippen LogP contribution is 2.30. The van der Waals surface area contributed by atoms with Gasteiger partial charge in [-0.1, -0.05) is 23.7 Å². The monoisotopic (exact) mass is 306 g/mol. The van der Waals surface area contributed by atoms with Gasteiger partial charge in [0, 0.05) is 11.4 Å². The normalized spacial score (nSPS) is 14.7. The first-order chi connectivity index (χ1) is 9.84. The first-order valence-electron chi connectivity index (χ1n) is 7.12. The van der Waals surface area contributed by atoms with Gasteiger partial charge < -0.3 is 10.6 Å². The molecule has 0 aliphatic carbocycles. The van der Waals surface area contributed by atoms with Gasteiger partial charge in [0.2, 0.25) is 0 Å². The van der Waals surface area contributed by atoms with Gasteiger partial charge in [-0.2, -0.15) is 0 Å². The highest BCUT2D eigenvalue weighted by Gasteiger charge is 2.14. The van der Waals surface area contributed by atoms with E-state index in [0.717, 1.165) is 49.6 Å². The maximum absolute atomic E-state index is 6.39. The zero-order chi connectivity index (χ0) is 13.8. The highest BCUT2D eigenvalue weighted by atomic mass is 35.5. The summed E-state index contributed by atoms with van der Waals surface area (Å²) >= 11 is 8.21. The highest BCUT2D eigenvalue weighted by molar-refractivity contribution is 7.09. The zero-order valence-corrected chi connectivity index (χ0v) is 13.0. The number of hydrogen-bond donors (Lipinski definition) is 2. The summed E-state index contributed by atoms with van der Waals surface area (Å²) in [6, 6.07) is 8.49. The van der Waals surface area contributed by atoms with E-state index in [1.165, 1.54) is 16.0 Å². The van der Waals surface area contributed by atoms with Crippen molar-refractivity contribution in [2.75, 3.05) is 25.0 Å². The Hall–Kier alpha value is -1.03. The SMILES string of the molecule is Clc1ccc2c(c1NCCc1cccs1)CCNCC2. The predicted molar refractivity (Wildman–Crippen MR) is 88.2 cm³/mol. The summed E-state index contributed by atoms with van der Waals surface area (Å²) in [5, 5.41) is 9.98. The number of hydrogen-bond acceptors (Lipinski definition) is 3. The molecule has 2 heterocycles. The minimum atomic E-state index is 0.844. The van der Waals surface area contributed by atoms with Crippen LogP contribution in [-0.4, -0.2) is 19.6 Å². The lowest BCUT2D eigenvalue weighted by atomic mass is 10.0. The smallest absolute Gasteiger partial charge is 0.0640 e. The van der Waals surface area contributed by atoms with Crippen molar-refractivity contribution in [3.05, 3.63) is 50.7 Å². The van der Waals surface area contributed by atoms with Crippen molar-refractivity contribution in [1.82, 2.24) is 5.32 Å². The van der Waals surface area contributed by atoms with Gasteiger partial charge >= 0.3 is 0 Å². The van der Waals surface area contributed by atoms with Crippen LogP contribution < -0.4 is 10.6 Å². The quantitative estimate of drug-likeness (QED) is 0.899. The standard InChI is InChI=1S/C16H19ClN2S/c17-15-4-3-12-5-8-18-9-7-14(12)16(15)19-10-6-13-2-1-11-20-13/h1-4,11,18-19H,5-10H2. The Kier molecular flexibility index (Phi) is 4.61. The number of rotatable bonds is 4. The van der Waals surface area contributed by atoms with E-state index >= 15 is 0 Å². The molecule has 1 aliphatic heterocycles. The average Bonchev–Trinajstić information content (AvgIpc) is 2.85. The van der Waals surface area contributed by atoms with Gasteiger partial charge in [0.15, 0.2) is 0 Å². The third kappa shape index (κ3) is 3.17. The van der Waals surface area contributed by atoms with Crippen molar-refractivity contribution in [3.8, 4) is 0 Å². The molecule has 0 spiro atoms. The zero-order valence-electron chi connectivity index (χ0n) is 11.4. The Labute approximate surface area is 129 Å². The van der Waals surface area contributed by atoms with Gasteiger partial charge in [-0.05, 0) is 61.0 Å². The van der Waals surface area contributed by atoms with Crippen LogP contribution in [0.25, 0.3) is 0 Å². The van der Waals surface area contributed by atoms with Crippen LogP contribution >= 0.6 is 22.9 Å². The molecule has 0 atom stereocenters. The molecule has 106 valence electrons.